The van der Waals surface area contributed by atoms with Crippen molar-refractivity contribution in [2.75, 3.05) is 13.6 Å². The van der Waals surface area contributed by atoms with Crippen LogP contribution in [-0.2, 0) is 4.79 Å². The molecule has 0 saturated carbocycles. The summed E-state index contributed by atoms with van der Waals surface area (Å²) in [6.07, 6.45) is 7.31. The first-order valence-electron chi connectivity index (χ1n) is 7.98. The van der Waals surface area contributed by atoms with Crippen molar-refractivity contribution < 1.29 is 4.79 Å². The molecule has 4 nitrogen and oxygen atoms in total. The largest absolute Gasteiger partial charge is 0.353 e. The van der Waals surface area contributed by atoms with Crippen LogP contribution in [0.5, 0.6) is 0 Å². The number of rotatable bonds is 5. The summed E-state index contributed by atoms with van der Waals surface area (Å²) in [4.78, 5) is 21.6. The number of fused-ring (bicyclic) bond motifs is 3. The first kappa shape index (κ1) is 15.3. The first-order valence-corrected chi connectivity index (χ1v) is 7.98. The minimum absolute atomic E-state index is 0.0132. The van der Waals surface area contributed by atoms with Crippen LogP contribution in [0.15, 0.2) is 42.6 Å². The molecule has 2 aromatic heterocycles. The van der Waals surface area contributed by atoms with Crippen LogP contribution < -0.4 is 0 Å². The fourth-order valence-corrected chi connectivity index (χ4v) is 2.65. The van der Waals surface area contributed by atoms with Crippen LogP contribution in [0.3, 0.4) is 0 Å². The summed E-state index contributed by atoms with van der Waals surface area (Å²) in [5, 5.41) is 2.30. The number of aromatic amines is 1. The van der Waals surface area contributed by atoms with Crippen LogP contribution in [0.25, 0.3) is 27.9 Å². The monoisotopic (exact) mass is 307 g/mol. The number of para-hydroxylation sites is 1. The van der Waals surface area contributed by atoms with Crippen LogP contribution in [0, 0.1) is 0 Å². The van der Waals surface area contributed by atoms with Gasteiger partial charge in [0.2, 0.25) is 5.91 Å². The van der Waals surface area contributed by atoms with Crippen molar-refractivity contribution in [3.05, 3.63) is 48.3 Å². The van der Waals surface area contributed by atoms with Crippen LogP contribution in [-0.4, -0.2) is 34.4 Å². The van der Waals surface area contributed by atoms with Gasteiger partial charge in [0.05, 0.1) is 17.4 Å². The molecule has 3 rings (SSSR count). The summed E-state index contributed by atoms with van der Waals surface area (Å²) < 4.78 is 0. The molecule has 3 aromatic rings. The molecular formula is C19H21N3O. The second kappa shape index (κ2) is 6.65. The van der Waals surface area contributed by atoms with E-state index in [-0.39, 0.29) is 5.91 Å². The third kappa shape index (κ3) is 3.26. The van der Waals surface area contributed by atoms with Gasteiger partial charge in [-0.1, -0.05) is 31.5 Å². The number of H-pyrrole nitrogens is 1. The molecule has 23 heavy (non-hydrogen) atoms. The molecule has 1 aromatic carbocycles. The fraction of sp³-hybridized carbons (Fsp3) is 0.263. The maximum atomic E-state index is 12.1. The van der Waals surface area contributed by atoms with E-state index in [4.69, 9.17) is 0 Å². The van der Waals surface area contributed by atoms with Gasteiger partial charge in [-0.25, -0.2) is 0 Å². The Kier molecular flexibility index (Phi) is 4.42. The summed E-state index contributed by atoms with van der Waals surface area (Å²) in [6, 6.07) is 10.2. The van der Waals surface area contributed by atoms with Crippen molar-refractivity contribution in [3.63, 3.8) is 0 Å². The van der Waals surface area contributed by atoms with E-state index in [0.29, 0.717) is 0 Å². The molecule has 0 fully saturated rings. The van der Waals surface area contributed by atoms with Crippen LogP contribution in [0.1, 0.15) is 25.5 Å². The number of benzene rings is 1. The number of unbranched alkanes of at least 4 members (excludes halogenated alkanes) is 1. The highest BCUT2D eigenvalue weighted by atomic mass is 16.2. The Hall–Kier alpha value is -2.62. The number of carbonyl (C=O) groups is 1. The van der Waals surface area contributed by atoms with E-state index in [0.717, 1.165) is 41.5 Å². The molecule has 0 aliphatic carbocycles. The lowest BCUT2D eigenvalue weighted by atomic mass is 10.1. The van der Waals surface area contributed by atoms with Crippen molar-refractivity contribution in [3.8, 4) is 0 Å². The van der Waals surface area contributed by atoms with Gasteiger partial charge in [0.25, 0.3) is 0 Å². The van der Waals surface area contributed by atoms with E-state index in [1.54, 1.807) is 17.1 Å². The van der Waals surface area contributed by atoms with E-state index in [2.05, 4.69) is 29.0 Å². The van der Waals surface area contributed by atoms with Crippen molar-refractivity contribution in [2.24, 2.45) is 0 Å². The molecule has 0 unspecified atom stereocenters. The summed E-state index contributed by atoms with van der Waals surface area (Å²) >= 11 is 0. The van der Waals surface area contributed by atoms with E-state index < -0.39 is 0 Å². The number of nitrogens with one attached hydrogen (secondary N) is 1. The maximum absolute atomic E-state index is 12.1. The van der Waals surface area contributed by atoms with Gasteiger partial charge in [-0.2, -0.15) is 0 Å². The normalized spacial score (nSPS) is 11.6. The molecule has 1 N–H and O–H groups in total. The zero-order valence-electron chi connectivity index (χ0n) is 13.5. The smallest absolute Gasteiger partial charge is 0.246 e. The first-order chi connectivity index (χ1) is 11.2. The van der Waals surface area contributed by atoms with Gasteiger partial charge in [-0.05, 0) is 24.6 Å². The Balaban J connectivity index is 1.84. The Morgan fingerprint density at radius 3 is 2.91 bits per heavy atom. The number of likely N-dealkylation sites (N-methyl/N-ethyl adjacent to an activating group) is 1. The van der Waals surface area contributed by atoms with Gasteiger partial charge in [0, 0.05) is 36.0 Å². The van der Waals surface area contributed by atoms with E-state index in [9.17, 15) is 4.79 Å². The van der Waals surface area contributed by atoms with Crippen molar-refractivity contribution in [2.45, 2.75) is 19.8 Å². The molecule has 118 valence electrons. The highest BCUT2D eigenvalue weighted by Crippen LogP contribution is 2.25. The zero-order valence-corrected chi connectivity index (χ0v) is 13.5. The second-order valence-electron chi connectivity index (χ2n) is 5.77. The number of aromatic nitrogens is 2. The molecule has 0 aliphatic rings. The Morgan fingerprint density at radius 1 is 1.26 bits per heavy atom. The molecule has 1 amide bonds. The molecule has 0 spiro atoms. The van der Waals surface area contributed by atoms with E-state index >= 15 is 0 Å². The van der Waals surface area contributed by atoms with Crippen LogP contribution >= 0.6 is 0 Å². The highest BCUT2D eigenvalue weighted by Gasteiger charge is 2.06. The molecule has 2 heterocycles. The number of hydrogen-bond acceptors (Lipinski definition) is 2. The SMILES string of the molecule is CCCCN(C)C(=O)/C=C/c1cc2c(cn1)[nH]c1ccccc12. The van der Waals surface area contributed by atoms with Crippen molar-refractivity contribution in [1.29, 1.82) is 0 Å². The summed E-state index contributed by atoms with van der Waals surface area (Å²) in [5.74, 6) is 0.0132. The lowest BCUT2D eigenvalue weighted by Crippen LogP contribution is -2.25. The van der Waals surface area contributed by atoms with Crippen molar-refractivity contribution >= 4 is 33.8 Å². The lowest BCUT2D eigenvalue weighted by Gasteiger charge is -2.13. The average Bonchev–Trinajstić information content (AvgIpc) is 2.95. The van der Waals surface area contributed by atoms with Crippen LogP contribution in [0.2, 0.25) is 0 Å². The number of hydrogen-bond donors (Lipinski definition) is 1. The fourth-order valence-electron chi connectivity index (χ4n) is 2.65. The Morgan fingerprint density at radius 2 is 2.09 bits per heavy atom. The molecule has 0 aliphatic heterocycles. The molecular weight excluding hydrogens is 286 g/mol. The number of amides is 1. The second-order valence-corrected chi connectivity index (χ2v) is 5.77. The number of nitrogens with zero attached hydrogens (tertiary/aromatic N) is 2. The molecule has 0 bridgehead atoms. The highest BCUT2D eigenvalue weighted by molar-refractivity contribution is 6.07. The zero-order chi connectivity index (χ0) is 16.2. The topological polar surface area (TPSA) is 49.0 Å². The van der Waals surface area contributed by atoms with E-state index in [1.165, 1.54) is 5.39 Å². The molecule has 4 heteroatoms. The Bertz CT molecular complexity index is 863. The quantitative estimate of drug-likeness (QED) is 0.725. The standard InChI is InChI=1S/C19H21N3O/c1-3-4-11-22(2)19(23)10-9-14-12-16-15-7-5-6-8-17(15)21-18(16)13-20-14/h5-10,12-13,21H,3-4,11H2,1-2H3/b10-9+. The molecule has 0 radical (unpaired) electrons. The minimum Gasteiger partial charge on any atom is -0.353 e. The summed E-state index contributed by atoms with van der Waals surface area (Å²) in [6.45, 7) is 2.91. The summed E-state index contributed by atoms with van der Waals surface area (Å²) in [7, 11) is 1.83. The molecule has 0 saturated heterocycles. The third-order valence-electron chi connectivity index (χ3n) is 4.03. The van der Waals surface area contributed by atoms with Gasteiger partial charge in [-0.3, -0.25) is 9.78 Å². The van der Waals surface area contributed by atoms with Gasteiger partial charge < -0.3 is 9.88 Å². The van der Waals surface area contributed by atoms with Gasteiger partial charge in [0.15, 0.2) is 0 Å². The molecule has 0 atom stereocenters. The van der Waals surface area contributed by atoms with E-state index in [1.807, 2.05) is 31.4 Å². The number of carbonyl (C=O) groups excluding carboxylic acids is 1. The third-order valence-corrected chi connectivity index (χ3v) is 4.03. The van der Waals surface area contributed by atoms with Gasteiger partial charge in [0.1, 0.15) is 0 Å². The average molecular weight is 307 g/mol. The predicted octanol–water partition coefficient (Wildman–Crippen LogP) is 3.99. The Labute approximate surface area is 135 Å². The van der Waals surface area contributed by atoms with Crippen LogP contribution in [0.4, 0.5) is 0 Å². The minimum atomic E-state index is 0.0132. The summed E-state index contributed by atoms with van der Waals surface area (Å²) in [5.41, 5.74) is 2.90. The lowest BCUT2D eigenvalue weighted by molar-refractivity contribution is -0.124. The van der Waals surface area contributed by atoms with Gasteiger partial charge in [-0.15, -0.1) is 0 Å². The predicted molar refractivity (Wildman–Crippen MR) is 95.2 cm³/mol. The number of pyridine rings is 1. The van der Waals surface area contributed by atoms with Crippen molar-refractivity contribution in [1.82, 2.24) is 14.9 Å². The maximum Gasteiger partial charge on any atom is 0.246 e. The van der Waals surface area contributed by atoms with Gasteiger partial charge >= 0.3 is 0 Å².